The van der Waals surface area contributed by atoms with Gasteiger partial charge in [0, 0.05) is 37.8 Å². The van der Waals surface area contributed by atoms with Gasteiger partial charge in [0.1, 0.15) is 5.75 Å². The second-order valence-corrected chi connectivity index (χ2v) is 9.74. The van der Waals surface area contributed by atoms with Crippen molar-refractivity contribution < 1.29 is 28.5 Å². The van der Waals surface area contributed by atoms with Crippen molar-refractivity contribution >= 4 is 5.91 Å². The number of amides is 1. The highest BCUT2D eigenvalue weighted by Crippen LogP contribution is 2.37. The van der Waals surface area contributed by atoms with Crippen LogP contribution < -0.4 is 23.7 Å². The quantitative estimate of drug-likeness (QED) is 0.560. The van der Waals surface area contributed by atoms with Gasteiger partial charge in [-0.1, -0.05) is 6.42 Å². The lowest BCUT2D eigenvalue weighted by Crippen LogP contribution is -2.43. The second-order valence-electron chi connectivity index (χ2n) is 9.74. The van der Waals surface area contributed by atoms with E-state index in [0.29, 0.717) is 18.3 Å². The molecule has 1 fully saturated rings. The van der Waals surface area contributed by atoms with Crippen LogP contribution in [0.1, 0.15) is 41.6 Å². The lowest BCUT2D eigenvalue weighted by Gasteiger charge is -2.33. The van der Waals surface area contributed by atoms with Crippen molar-refractivity contribution in [1.82, 2.24) is 9.80 Å². The minimum Gasteiger partial charge on any atom is -0.493 e. The van der Waals surface area contributed by atoms with E-state index in [4.69, 9.17) is 23.7 Å². The highest BCUT2D eigenvalue weighted by atomic mass is 16.7. The molecule has 1 saturated heterocycles. The van der Waals surface area contributed by atoms with Crippen LogP contribution in [0.3, 0.4) is 0 Å². The molecule has 0 spiro atoms. The molecule has 2 aromatic carbocycles. The molecule has 4 heterocycles. The highest BCUT2D eigenvalue weighted by Gasteiger charge is 2.30. The van der Waals surface area contributed by atoms with Gasteiger partial charge in [-0.05, 0) is 68.0 Å². The molecule has 35 heavy (non-hydrogen) atoms. The Morgan fingerprint density at radius 1 is 0.914 bits per heavy atom. The first-order chi connectivity index (χ1) is 17.2. The standard InChI is InChI=1S/C27H32N2O6/c30-27-22-14-26-24(33-18-35-26)12-20(22)7-10-29(27)16-19-4-1-2-8-28(15-19)9-3-11-31-21-5-6-23-25(13-21)34-17-32-23/h5-6,12-14,19H,1-4,7-11,15-18H2. The third kappa shape index (κ3) is 4.85. The maximum Gasteiger partial charge on any atom is 0.254 e. The van der Waals surface area contributed by atoms with E-state index < -0.39 is 0 Å². The van der Waals surface area contributed by atoms with Gasteiger partial charge >= 0.3 is 0 Å². The zero-order chi connectivity index (χ0) is 23.6. The molecule has 2 aromatic rings. The average molecular weight is 481 g/mol. The Bertz CT molecular complexity index is 1090. The topological polar surface area (TPSA) is 69.7 Å². The van der Waals surface area contributed by atoms with Gasteiger partial charge in [0.25, 0.3) is 5.91 Å². The molecular weight excluding hydrogens is 448 g/mol. The molecule has 0 saturated carbocycles. The molecule has 6 rings (SSSR count). The van der Waals surface area contributed by atoms with Gasteiger partial charge in [-0.15, -0.1) is 0 Å². The molecule has 0 aromatic heterocycles. The predicted octanol–water partition coefficient (Wildman–Crippen LogP) is 3.71. The molecule has 0 N–H and O–H groups in total. The van der Waals surface area contributed by atoms with Crippen LogP contribution in [0.25, 0.3) is 0 Å². The Balaban J connectivity index is 1.00. The van der Waals surface area contributed by atoms with E-state index in [9.17, 15) is 4.79 Å². The van der Waals surface area contributed by atoms with Crippen molar-refractivity contribution in [2.45, 2.75) is 32.1 Å². The van der Waals surface area contributed by atoms with Crippen LogP contribution in [-0.2, 0) is 6.42 Å². The van der Waals surface area contributed by atoms with Crippen molar-refractivity contribution in [2.24, 2.45) is 5.92 Å². The molecular formula is C27H32N2O6. The van der Waals surface area contributed by atoms with Crippen LogP contribution in [0.4, 0.5) is 0 Å². The van der Waals surface area contributed by atoms with Crippen LogP contribution in [0.5, 0.6) is 28.7 Å². The summed E-state index contributed by atoms with van der Waals surface area (Å²) >= 11 is 0. The van der Waals surface area contributed by atoms with Crippen LogP contribution in [0.15, 0.2) is 30.3 Å². The Morgan fingerprint density at radius 2 is 1.71 bits per heavy atom. The van der Waals surface area contributed by atoms with E-state index in [1.807, 2.05) is 35.2 Å². The fourth-order valence-corrected chi connectivity index (χ4v) is 5.52. The largest absolute Gasteiger partial charge is 0.493 e. The molecule has 0 bridgehead atoms. The monoisotopic (exact) mass is 480 g/mol. The van der Waals surface area contributed by atoms with Gasteiger partial charge in [0.15, 0.2) is 23.0 Å². The summed E-state index contributed by atoms with van der Waals surface area (Å²) in [6.07, 6.45) is 5.42. The number of benzene rings is 2. The first-order valence-electron chi connectivity index (χ1n) is 12.7. The van der Waals surface area contributed by atoms with Crippen LogP contribution in [0, 0.1) is 5.92 Å². The molecule has 4 aliphatic heterocycles. The summed E-state index contributed by atoms with van der Waals surface area (Å²) in [7, 11) is 0. The SMILES string of the molecule is O=C1c2cc3c(cc2CCN1CC1CCCCN(CCCOc2ccc4c(c2)OCO4)C1)OCO3. The molecule has 0 aliphatic carbocycles. The van der Waals surface area contributed by atoms with Crippen molar-refractivity contribution in [2.75, 3.05) is 52.9 Å². The normalized spacial score (nSPS) is 21.1. The molecule has 4 aliphatic rings. The Kier molecular flexibility index (Phi) is 6.29. The summed E-state index contributed by atoms with van der Waals surface area (Å²) in [6, 6.07) is 9.56. The molecule has 8 heteroatoms. The summed E-state index contributed by atoms with van der Waals surface area (Å²) in [5, 5.41) is 0. The lowest BCUT2D eigenvalue weighted by atomic mass is 9.96. The molecule has 1 unspecified atom stereocenters. The van der Waals surface area contributed by atoms with Crippen LogP contribution in [-0.4, -0.2) is 68.6 Å². The van der Waals surface area contributed by atoms with E-state index in [1.165, 1.54) is 19.3 Å². The van der Waals surface area contributed by atoms with Crippen LogP contribution in [0.2, 0.25) is 0 Å². The number of carbonyl (C=O) groups is 1. The third-order valence-electron chi connectivity index (χ3n) is 7.33. The zero-order valence-electron chi connectivity index (χ0n) is 20.0. The van der Waals surface area contributed by atoms with Gasteiger partial charge in [-0.2, -0.15) is 0 Å². The van der Waals surface area contributed by atoms with Crippen molar-refractivity contribution in [1.29, 1.82) is 0 Å². The molecule has 8 nitrogen and oxygen atoms in total. The summed E-state index contributed by atoms with van der Waals surface area (Å²) in [5.41, 5.74) is 1.84. The van der Waals surface area contributed by atoms with E-state index in [2.05, 4.69) is 4.90 Å². The number of carbonyl (C=O) groups excluding carboxylic acids is 1. The fourth-order valence-electron chi connectivity index (χ4n) is 5.52. The average Bonchev–Trinajstić information content (AvgIpc) is 3.47. The van der Waals surface area contributed by atoms with E-state index in [0.717, 1.165) is 79.7 Å². The predicted molar refractivity (Wildman–Crippen MR) is 129 cm³/mol. The maximum absolute atomic E-state index is 13.3. The van der Waals surface area contributed by atoms with Crippen molar-refractivity contribution in [3.8, 4) is 28.7 Å². The van der Waals surface area contributed by atoms with Crippen molar-refractivity contribution in [3.05, 3.63) is 41.5 Å². The van der Waals surface area contributed by atoms with Crippen molar-refractivity contribution in [3.63, 3.8) is 0 Å². The van der Waals surface area contributed by atoms with Gasteiger partial charge in [0.2, 0.25) is 13.6 Å². The smallest absolute Gasteiger partial charge is 0.254 e. The second kappa shape index (κ2) is 9.85. The van der Waals surface area contributed by atoms with E-state index in [1.54, 1.807) is 0 Å². The maximum atomic E-state index is 13.3. The molecule has 186 valence electrons. The minimum absolute atomic E-state index is 0.123. The van der Waals surface area contributed by atoms with E-state index in [-0.39, 0.29) is 19.5 Å². The molecule has 1 atom stereocenters. The minimum atomic E-state index is 0.123. The Morgan fingerprint density at radius 3 is 2.60 bits per heavy atom. The number of hydrogen-bond donors (Lipinski definition) is 0. The van der Waals surface area contributed by atoms with Gasteiger partial charge in [-0.3, -0.25) is 4.79 Å². The Labute approximate surface area is 205 Å². The number of fused-ring (bicyclic) bond motifs is 3. The number of ether oxygens (including phenoxy) is 5. The number of rotatable bonds is 7. The zero-order valence-corrected chi connectivity index (χ0v) is 20.0. The third-order valence-corrected chi connectivity index (χ3v) is 7.33. The first kappa shape index (κ1) is 22.3. The lowest BCUT2D eigenvalue weighted by molar-refractivity contribution is 0.0694. The van der Waals surface area contributed by atoms with E-state index >= 15 is 0 Å². The van der Waals surface area contributed by atoms with Gasteiger partial charge in [-0.25, -0.2) is 0 Å². The molecule has 0 radical (unpaired) electrons. The summed E-state index contributed by atoms with van der Waals surface area (Å²) in [5.74, 6) is 4.39. The van der Waals surface area contributed by atoms with Crippen LogP contribution >= 0.6 is 0 Å². The van der Waals surface area contributed by atoms with Gasteiger partial charge < -0.3 is 33.5 Å². The molecule has 1 amide bonds. The van der Waals surface area contributed by atoms with Gasteiger partial charge in [0.05, 0.1) is 6.61 Å². The summed E-state index contributed by atoms with van der Waals surface area (Å²) < 4.78 is 27.7. The number of nitrogens with zero attached hydrogens (tertiary/aromatic N) is 2. The summed E-state index contributed by atoms with van der Waals surface area (Å²) in [6.45, 7) is 5.90. The first-order valence-corrected chi connectivity index (χ1v) is 12.7. The fraction of sp³-hybridized carbons (Fsp3) is 0.519. The number of hydrogen-bond acceptors (Lipinski definition) is 7. The summed E-state index contributed by atoms with van der Waals surface area (Å²) in [4.78, 5) is 17.8. The highest BCUT2D eigenvalue weighted by molar-refractivity contribution is 5.97. The number of likely N-dealkylation sites (tertiary alicyclic amines) is 1. The Hall–Kier alpha value is -3.13.